The second kappa shape index (κ2) is 8.03. The van der Waals surface area contributed by atoms with Crippen molar-refractivity contribution in [3.63, 3.8) is 0 Å². The number of carbonyl (C=O) groups excluding carboxylic acids is 3. The van der Waals surface area contributed by atoms with E-state index in [0.29, 0.717) is 23.4 Å². The van der Waals surface area contributed by atoms with Crippen LogP contribution in [-0.2, 0) is 9.59 Å². The van der Waals surface area contributed by atoms with E-state index in [1.165, 1.54) is 0 Å². The van der Waals surface area contributed by atoms with Crippen LogP contribution in [0.3, 0.4) is 0 Å². The van der Waals surface area contributed by atoms with E-state index in [2.05, 4.69) is 10.6 Å². The number of nitrogens with one attached hydrogen (secondary N) is 2. The summed E-state index contributed by atoms with van der Waals surface area (Å²) in [6.45, 7) is 4.38. The molecule has 3 amide bonds. The van der Waals surface area contributed by atoms with Crippen molar-refractivity contribution in [3.05, 3.63) is 54.1 Å². The standard InChI is InChI=1S/C21H23N3O3/c1-14(2)20(26)22-16-7-5-15(6-8-16)21(27)23-17-9-11-18(12-10-17)24-13-3-4-19(24)25/h5-12,14H,3-4,13H2,1-2H3,(H,22,26)(H,23,27). The molecule has 0 radical (unpaired) electrons. The third-order valence-corrected chi connectivity index (χ3v) is 4.45. The van der Waals surface area contributed by atoms with Gasteiger partial charge in [0, 0.05) is 41.5 Å². The lowest BCUT2D eigenvalue weighted by Crippen LogP contribution is -2.23. The number of hydrogen-bond acceptors (Lipinski definition) is 3. The molecular formula is C21H23N3O3. The van der Waals surface area contributed by atoms with Crippen LogP contribution in [0.2, 0.25) is 0 Å². The van der Waals surface area contributed by atoms with Gasteiger partial charge >= 0.3 is 0 Å². The summed E-state index contributed by atoms with van der Waals surface area (Å²) in [5.74, 6) is -0.270. The van der Waals surface area contributed by atoms with E-state index in [1.54, 1.807) is 41.3 Å². The zero-order chi connectivity index (χ0) is 19.4. The Hall–Kier alpha value is -3.15. The van der Waals surface area contributed by atoms with Crippen molar-refractivity contribution in [1.29, 1.82) is 0 Å². The Morgan fingerprint density at radius 3 is 2.07 bits per heavy atom. The topological polar surface area (TPSA) is 78.5 Å². The van der Waals surface area contributed by atoms with E-state index in [4.69, 9.17) is 0 Å². The minimum atomic E-state index is -0.235. The molecule has 0 aliphatic carbocycles. The second-order valence-electron chi connectivity index (χ2n) is 6.87. The number of anilines is 3. The van der Waals surface area contributed by atoms with E-state index in [9.17, 15) is 14.4 Å². The largest absolute Gasteiger partial charge is 0.326 e. The lowest BCUT2D eigenvalue weighted by atomic mass is 10.1. The molecule has 0 aromatic heterocycles. The Balaban J connectivity index is 1.61. The maximum atomic E-state index is 12.4. The molecule has 0 atom stereocenters. The molecule has 3 rings (SSSR count). The van der Waals surface area contributed by atoms with Crippen LogP contribution in [-0.4, -0.2) is 24.3 Å². The van der Waals surface area contributed by atoms with Crippen LogP contribution in [0.15, 0.2) is 48.5 Å². The Labute approximate surface area is 158 Å². The molecule has 0 spiro atoms. The van der Waals surface area contributed by atoms with Crippen LogP contribution >= 0.6 is 0 Å². The molecule has 6 heteroatoms. The minimum Gasteiger partial charge on any atom is -0.326 e. The Morgan fingerprint density at radius 1 is 0.926 bits per heavy atom. The van der Waals surface area contributed by atoms with Crippen LogP contribution in [0.1, 0.15) is 37.0 Å². The van der Waals surface area contributed by atoms with Crippen LogP contribution < -0.4 is 15.5 Å². The lowest BCUT2D eigenvalue weighted by Gasteiger charge is -2.16. The summed E-state index contributed by atoms with van der Waals surface area (Å²) in [6.07, 6.45) is 1.47. The monoisotopic (exact) mass is 365 g/mol. The van der Waals surface area contributed by atoms with E-state index < -0.39 is 0 Å². The first-order chi connectivity index (χ1) is 12.9. The molecule has 1 aliphatic heterocycles. The summed E-state index contributed by atoms with van der Waals surface area (Å²) in [4.78, 5) is 37.6. The lowest BCUT2D eigenvalue weighted by molar-refractivity contribution is -0.119. The number of rotatable bonds is 5. The fourth-order valence-electron chi connectivity index (χ4n) is 2.84. The van der Waals surface area contributed by atoms with Gasteiger partial charge in [0.05, 0.1) is 0 Å². The average Bonchev–Trinajstić information content (AvgIpc) is 3.08. The van der Waals surface area contributed by atoms with Gasteiger partial charge in [-0.25, -0.2) is 0 Å². The first-order valence-corrected chi connectivity index (χ1v) is 9.07. The third kappa shape index (κ3) is 4.53. The predicted octanol–water partition coefficient (Wildman–Crippen LogP) is 3.66. The van der Waals surface area contributed by atoms with Crippen molar-refractivity contribution < 1.29 is 14.4 Å². The maximum absolute atomic E-state index is 12.4. The van der Waals surface area contributed by atoms with Crippen LogP contribution in [0.5, 0.6) is 0 Å². The first kappa shape index (κ1) is 18.6. The molecular weight excluding hydrogens is 342 g/mol. The fraction of sp³-hybridized carbons (Fsp3) is 0.286. The molecule has 0 unspecified atom stereocenters. The normalized spacial score (nSPS) is 13.7. The van der Waals surface area contributed by atoms with Crippen molar-refractivity contribution in [3.8, 4) is 0 Å². The molecule has 6 nitrogen and oxygen atoms in total. The van der Waals surface area contributed by atoms with E-state index >= 15 is 0 Å². The highest BCUT2D eigenvalue weighted by molar-refractivity contribution is 6.05. The fourth-order valence-corrected chi connectivity index (χ4v) is 2.84. The summed E-state index contributed by atoms with van der Waals surface area (Å²) in [5.41, 5.74) is 2.66. The highest BCUT2D eigenvalue weighted by atomic mass is 16.2. The highest BCUT2D eigenvalue weighted by Gasteiger charge is 2.21. The van der Waals surface area contributed by atoms with Gasteiger partial charge in [-0.1, -0.05) is 13.8 Å². The van der Waals surface area contributed by atoms with Gasteiger partial charge in [0.2, 0.25) is 11.8 Å². The van der Waals surface area contributed by atoms with Crippen molar-refractivity contribution in [1.82, 2.24) is 0 Å². The molecule has 1 fully saturated rings. The van der Waals surface area contributed by atoms with Gasteiger partial charge in [0.25, 0.3) is 5.91 Å². The van der Waals surface area contributed by atoms with E-state index in [1.807, 2.05) is 26.0 Å². The number of nitrogens with zero attached hydrogens (tertiary/aromatic N) is 1. The molecule has 1 aliphatic rings. The number of hydrogen-bond donors (Lipinski definition) is 2. The molecule has 1 saturated heterocycles. The van der Waals surface area contributed by atoms with Crippen LogP contribution in [0, 0.1) is 5.92 Å². The SMILES string of the molecule is CC(C)C(=O)Nc1ccc(C(=O)Nc2ccc(N3CCCC3=O)cc2)cc1. The summed E-state index contributed by atoms with van der Waals surface area (Å²) in [7, 11) is 0. The number of benzene rings is 2. The van der Waals surface area contributed by atoms with Crippen molar-refractivity contribution in [2.75, 3.05) is 22.1 Å². The summed E-state index contributed by atoms with van der Waals surface area (Å²) >= 11 is 0. The molecule has 1 heterocycles. The number of amides is 3. The molecule has 27 heavy (non-hydrogen) atoms. The smallest absolute Gasteiger partial charge is 0.255 e. The first-order valence-electron chi connectivity index (χ1n) is 9.07. The maximum Gasteiger partial charge on any atom is 0.255 e. The summed E-state index contributed by atoms with van der Waals surface area (Å²) < 4.78 is 0. The van der Waals surface area contributed by atoms with Crippen molar-refractivity contribution >= 4 is 34.8 Å². The Kier molecular flexibility index (Phi) is 5.54. The van der Waals surface area contributed by atoms with Gasteiger partial charge < -0.3 is 15.5 Å². The molecule has 0 saturated carbocycles. The molecule has 140 valence electrons. The van der Waals surface area contributed by atoms with Crippen molar-refractivity contribution in [2.24, 2.45) is 5.92 Å². The zero-order valence-corrected chi connectivity index (χ0v) is 15.5. The summed E-state index contributed by atoms with van der Waals surface area (Å²) in [5, 5.41) is 5.63. The second-order valence-corrected chi connectivity index (χ2v) is 6.87. The van der Waals surface area contributed by atoms with Gasteiger partial charge in [-0.15, -0.1) is 0 Å². The molecule has 2 N–H and O–H groups in total. The molecule has 0 bridgehead atoms. The van der Waals surface area contributed by atoms with Gasteiger partial charge in [0.1, 0.15) is 0 Å². The summed E-state index contributed by atoms with van der Waals surface area (Å²) in [6, 6.07) is 14.0. The van der Waals surface area contributed by atoms with Gasteiger partial charge in [0.15, 0.2) is 0 Å². The minimum absolute atomic E-state index is 0.0659. The van der Waals surface area contributed by atoms with Crippen LogP contribution in [0.25, 0.3) is 0 Å². The van der Waals surface area contributed by atoms with Gasteiger partial charge in [-0.3, -0.25) is 14.4 Å². The van der Waals surface area contributed by atoms with Gasteiger partial charge in [-0.05, 0) is 55.0 Å². The molecule has 2 aromatic rings. The van der Waals surface area contributed by atoms with E-state index in [-0.39, 0.29) is 23.6 Å². The quantitative estimate of drug-likeness (QED) is 0.849. The highest BCUT2D eigenvalue weighted by Crippen LogP contribution is 2.23. The Bertz CT molecular complexity index is 842. The Morgan fingerprint density at radius 2 is 1.52 bits per heavy atom. The third-order valence-electron chi connectivity index (χ3n) is 4.45. The number of carbonyl (C=O) groups is 3. The predicted molar refractivity (Wildman–Crippen MR) is 106 cm³/mol. The van der Waals surface area contributed by atoms with Crippen LogP contribution in [0.4, 0.5) is 17.1 Å². The molecule has 2 aromatic carbocycles. The zero-order valence-electron chi connectivity index (χ0n) is 15.5. The van der Waals surface area contributed by atoms with Crippen molar-refractivity contribution in [2.45, 2.75) is 26.7 Å². The van der Waals surface area contributed by atoms with Gasteiger partial charge in [-0.2, -0.15) is 0 Å². The average molecular weight is 365 g/mol. The van der Waals surface area contributed by atoms with E-state index in [0.717, 1.165) is 18.7 Å².